The number of hydrogen-bond donors (Lipinski definition) is 1. The molecule has 0 aromatic heterocycles. The van der Waals surface area contributed by atoms with Gasteiger partial charge < -0.3 is 9.84 Å². The molecule has 0 spiro atoms. The molecule has 0 amide bonds. The van der Waals surface area contributed by atoms with E-state index < -0.39 is 5.97 Å². The van der Waals surface area contributed by atoms with Gasteiger partial charge in [-0.15, -0.1) is 0 Å². The number of carbonyl (C=O) groups is 2. The average molecular weight is 244 g/mol. The fraction of sp³-hybridized carbons (Fsp3) is 0.846. The van der Waals surface area contributed by atoms with Crippen molar-refractivity contribution in [3.05, 3.63) is 0 Å². The summed E-state index contributed by atoms with van der Waals surface area (Å²) in [6.07, 6.45) is 4.95. The summed E-state index contributed by atoms with van der Waals surface area (Å²) >= 11 is 0. The molecule has 0 bridgehead atoms. The normalized spacial score (nSPS) is 12.1. The van der Waals surface area contributed by atoms with Crippen LogP contribution in [0.25, 0.3) is 0 Å². The highest BCUT2D eigenvalue weighted by Gasteiger charge is 2.16. The Morgan fingerprint density at radius 3 is 2.29 bits per heavy atom. The first-order valence-electron chi connectivity index (χ1n) is 6.50. The predicted molar refractivity (Wildman–Crippen MR) is 65.8 cm³/mol. The summed E-state index contributed by atoms with van der Waals surface area (Å²) in [5.74, 6) is -1.28. The SMILES string of the molecule is CCCCC(CCCC(=O)OCCC)C(=O)O. The first-order valence-corrected chi connectivity index (χ1v) is 6.50. The Labute approximate surface area is 103 Å². The van der Waals surface area contributed by atoms with E-state index in [0.29, 0.717) is 32.3 Å². The minimum absolute atomic E-state index is 0.216. The van der Waals surface area contributed by atoms with Crippen LogP contribution >= 0.6 is 0 Å². The molecule has 0 heterocycles. The van der Waals surface area contributed by atoms with Crippen molar-refractivity contribution in [3.8, 4) is 0 Å². The van der Waals surface area contributed by atoms with Gasteiger partial charge in [-0.05, 0) is 25.7 Å². The van der Waals surface area contributed by atoms with E-state index in [1.165, 1.54) is 0 Å². The third kappa shape index (κ3) is 8.72. The van der Waals surface area contributed by atoms with Crippen molar-refractivity contribution in [2.45, 2.75) is 58.8 Å². The van der Waals surface area contributed by atoms with E-state index in [2.05, 4.69) is 0 Å². The number of rotatable bonds is 10. The maximum Gasteiger partial charge on any atom is 0.306 e. The summed E-state index contributed by atoms with van der Waals surface area (Å²) < 4.78 is 4.93. The van der Waals surface area contributed by atoms with Crippen LogP contribution in [-0.4, -0.2) is 23.7 Å². The smallest absolute Gasteiger partial charge is 0.306 e. The number of ether oxygens (including phenoxy) is 1. The molecule has 1 unspecified atom stereocenters. The second-order valence-corrected chi connectivity index (χ2v) is 4.29. The molecule has 0 aliphatic rings. The molecule has 1 atom stereocenters. The summed E-state index contributed by atoms with van der Waals surface area (Å²) in [5, 5.41) is 8.99. The van der Waals surface area contributed by atoms with E-state index >= 15 is 0 Å². The van der Waals surface area contributed by atoms with Gasteiger partial charge in [0.05, 0.1) is 12.5 Å². The maximum atomic E-state index is 11.2. The molecule has 0 aliphatic carbocycles. The van der Waals surface area contributed by atoms with E-state index in [4.69, 9.17) is 9.84 Å². The Morgan fingerprint density at radius 2 is 1.76 bits per heavy atom. The molecule has 0 saturated heterocycles. The van der Waals surface area contributed by atoms with Gasteiger partial charge in [-0.2, -0.15) is 0 Å². The van der Waals surface area contributed by atoms with Gasteiger partial charge in [-0.1, -0.05) is 26.7 Å². The van der Waals surface area contributed by atoms with Crippen molar-refractivity contribution in [3.63, 3.8) is 0 Å². The number of hydrogen-bond acceptors (Lipinski definition) is 3. The van der Waals surface area contributed by atoms with Gasteiger partial charge >= 0.3 is 11.9 Å². The molecule has 100 valence electrons. The quantitative estimate of drug-likeness (QED) is 0.600. The molecule has 17 heavy (non-hydrogen) atoms. The predicted octanol–water partition coefficient (Wildman–Crippen LogP) is 3.00. The van der Waals surface area contributed by atoms with Gasteiger partial charge in [0, 0.05) is 6.42 Å². The first-order chi connectivity index (χ1) is 8.11. The zero-order valence-corrected chi connectivity index (χ0v) is 10.9. The molecule has 0 fully saturated rings. The average Bonchev–Trinajstić information content (AvgIpc) is 2.30. The number of carbonyl (C=O) groups excluding carboxylic acids is 1. The summed E-state index contributed by atoms with van der Waals surface area (Å²) in [4.78, 5) is 22.1. The Hall–Kier alpha value is -1.06. The molecular weight excluding hydrogens is 220 g/mol. The lowest BCUT2D eigenvalue weighted by Crippen LogP contribution is -2.14. The van der Waals surface area contributed by atoms with Gasteiger partial charge in [0.25, 0.3) is 0 Å². The molecule has 4 heteroatoms. The molecule has 0 aromatic rings. The van der Waals surface area contributed by atoms with Crippen molar-refractivity contribution in [2.75, 3.05) is 6.61 Å². The fourth-order valence-electron chi connectivity index (χ4n) is 1.62. The number of carboxylic acids is 1. The van der Waals surface area contributed by atoms with E-state index in [1.54, 1.807) is 0 Å². The number of aliphatic carboxylic acids is 1. The summed E-state index contributed by atoms with van der Waals surface area (Å²) in [6.45, 7) is 4.44. The second-order valence-electron chi connectivity index (χ2n) is 4.29. The Bertz CT molecular complexity index is 225. The summed E-state index contributed by atoms with van der Waals surface area (Å²) in [7, 11) is 0. The molecule has 0 rings (SSSR count). The van der Waals surface area contributed by atoms with E-state index in [9.17, 15) is 9.59 Å². The van der Waals surface area contributed by atoms with Crippen LogP contribution < -0.4 is 0 Å². The summed E-state index contributed by atoms with van der Waals surface area (Å²) in [5.41, 5.74) is 0. The molecular formula is C13H24O4. The lowest BCUT2D eigenvalue weighted by atomic mass is 9.96. The number of carboxylic acid groups (broad SMARTS) is 1. The molecule has 0 saturated carbocycles. The molecule has 0 aliphatic heterocycles. The van der Waals surface area contributed by atoms with Crippen LogP contribution in [0.15, 0.2) is 0 Å². The Morgan fingerprint density at radius 1 is 1.12 bits per heavy atom. The highest BCUT2D eigenvalue weighted by Crippen LogP contribution is 2.16. The van der Waals surface area contributed by atoms with Crippen molar-refractivity contribution in [1.29, 1.82) is 0 Å². The van der Waals surface area contributed by atoms with Gasteiger partial charge in [-0.3, -0.25) is 9.59 Å². The molecule has 0 radical (unpaired) electrons. The first kappa shape index (κ1) is 15.9. The second kappa shape index (κ2) is 10.1. The topological polar surface area (TPSA) is 63.6 Å². The zero-order valence-electron chi connectivity index (χ0n) is 10.9. The monoisotopic (exact) mass is 244 g/mol. The van der Waals surface area contributed by atoms with Crippen molar-refractivity contribution < 1.29 is 19.4 Å². The fourth-order valence-corrected chi connectivity index (χ4v) is 1.62. The van der Waals surface area contributed by atoms with Crippen molar-refractivity contribution in [1.82, 2.24) is 0 Å². The minimum atomic E-state index is -0.750. The van der Waals surface area contributed by atoms with Crippen molar-refractivity contribution in [2.24, 2.45) is 5.92 Å². The van der Waals surface area contributed by atoms with Crippen LogP contribution in [0, 0.1) is 5.92 Å². The van der Waals surface area contributed by atoms with E-state index in [1.807, 2.05) is 13.8 Å². The van der Waals surface area contributed by atoms with Crippen LogP contribution in [0.1, 0.15) is 58.8 Å². The standard InChI is InChI=1S/C13H24O4/c1-3-5-7-11(13(15)16)8-6-9-12(14)17-10-4-2/h11H,3-10H2,1-2H3,(H,15,16). The van der Waals surface area contributed by atoms with Crippen LogP contribution in [0.3, 0.4) is 0 Å². The highest BCUT2D eigenvalue weighted by molar-refractivity contribution is 5.71. The molecule has 1 N–H and O–H groups in total. The molecule has 0 aromatic carbocycles. The van der Waals surface area contributed by atoms with Crippen LogP contribution in [0.2, 0.25) is 0 Å². The third-order valence-electron chi connectivity index (χ3n) is 2.66. The van der Waals surface area contributed by atoms with E-state index in [-0.39, 0.29) is 11.9 Å². The van der Waals surface area contributed by atoms with Crippen molar-refractivity contribution >= 4 is 11.9 Å². The highest BCUT2D eigenvalue weighted by atomic mass is 16.5. The maximum absolute atomic E-state index is 11.2. The van der Waals surface area contributed by atoms with Gasteiger partial charge in [0.2, 0.25) is 0 Å². The molecule has 4 nitrogen and oxygen atoms in total. The zero-order chi connectivity index (χ0) is 13.1. The van der Waals surface area contributed by atoms with E-state index in [0.717, 1.165) is 19.3 Å². The number of unbranched alkanes of at least 4 members (excludes halogenated alkanes) is 1. The van der Waals surface area contributed by atoms with Gasteiger partial charge in [-0.25, -0.2) is 0 Å². The Balaban J connectivity index is 3.73. The minimum Gasteiger partial charge on any atom is -0.481 e. The van der Waals surface area contributed by atoms with Crippen LogP contribution in [0.4, 0.5) is 0 Å². The van der Waals surface area contributed by atoms with Crippen LogP contribution in [0.5, 0.6) is 0 Å². The third-order valence-corrected chi connectivity index (χ3v) is 2.66. The lowest BCUT2D eigenvalue weighted by Gasteiger charge is -2.11. The number of esters is 1. The summed E-state index contributed by atoms with van der Waals surface area (Å²) in [6, 6.07) is 0. The lowest BCUT2D eigenvalue weighted by molar-refractivity contribution is -0.145. The van der Waals surface area contributed by atoms with Gasteiger partial charge in [0.1, 0.15) is 0 Å². The largest absolute Gasteiger partial charge is 0.481 e. The van der Waals surface area contributed by atoms with Crippen LogP contribution in [-0.2, 0) is 14.3 Å². The Kier molecular flexibility index (Phi) is 9.49. The van der Waals surface area contributed by atoms with Gasteiger partial charge in [0.15, 0.2) is 0 Å².